The third kappa shape index (κ3) is 1.90. The van der Waals surface area contributed by atoms with E-state index in [1.807, 2.05) is 0 Å². The van der Waals surface area contributed by atoms with Crippen LogP contribution in [0, 0.1) is 0 Å². The van der Waals surface area contributed by atoms with Gasteiger partial charge in [0.2, 0.25) is 5.91 Å². The minimum atomic E-state index is -0.214. The summed E-state index contributed by atoms with van der Waals surface area (Å²) >= 11 is 12.9. The topological polar surface area (TPSA) is 54.9 Å². The maximum atomic E-state index is 11.0. The predicted molar refractivity (Wildman–Crippen MR) is 61.7 cm³/mol. The molecule has 0 unspecified atom stereocenters. The van der Waals surface area contributed by atoms with Crippen LogP contribution in [0.15, 0.2) is 6.07 Å². The Kier molecular flexibility index (Phi) is 2.77. The molecule has 1 heterocycles. The van der Waals surface area contributed by atoms with Crippen molar-refractivity contribution < 1.29 is 4.79 Å². The molecule has 0 aliphatic heterocycles. The second-order valence-corrected chi connectivity index (χ2v) is 4.20. The number of halogens is 2. The number of anilines is 1. The molecule has 0 bridgehead atoms. The maximum Gasteiger partial charge on any atom is 0.221 e. The number of fused-ring (bicyclic) bond motifs is 1. The number of hydrogen-bond donors (Lipinski definition) is 1. The van der Waals surface area contributed by atoms with Gasteiger partial charge in [0, 0.05) is 6.92 Å². The van der Waals surface area contributed by atoms with Crippen LogP contribution in [0.4, 0.5) is 5.69 Å². The van der Waals surface area contributed by atoms with Gasteiger partial charge in [-0.15, -0.1) is 0 Å². The molecule has 0 spiro atoms. The van der Waals surface area contributed by atoms with Gasteiger partial charge in [-0.3, -0.25) is 4.79 Å². The zero-order valence-corrected chi connectivity index (χ0v) is 9.87. The molecule has 4 nitrogen and oxygen atoms in total. The Hall–Kier alpha value is -0.910. The number of carbonyl (C=O) groups excluding carboxylic acids is 1. The normalized spacial score (nSPS) is 10.6. The summed E-state index contributed by atoms with van der Waals surface area (Å²) in [4.78, 5) is 11.0. The Morgan fingerprint density at radius 1 is 1.33 bits per heavy atom. The van der Waals surface area contributed by atoms with Crippen molar-refractivity contribution in [1.82, 2.24) is 8.75 Å². The van der Waals surface area contributed by atoms with Crippen LogP contribution in [-0.4, -0.2) is 14.7 Å². The number of benzene rings is 1. The summed E-state index contributed by atoms with van der Waals surface area (Å²) in [7, 11) is 0. The summed E-state index contributed by atoms with van der Waals surface area (Å²) < 4.78 is 8.06. The molecule has 2 aromatic rings. The molecule has 0 atom stereocenters. The number of carbonyl (C=O) groups is 1. The maximum absolute atomic E-state index is 11.0. The van der Waals surface area contributed by atoms with E-state index in [0.29, 0.717) is 26.8 Å². The molecule has 0 aliphatic rings. The predicted octanol–water partition coefficient (Wildman–Crippen LogP) is 2.96. The first-order valence-corrected chi connectivity index (χ1v) is 5.46. The van der Waals surface area contributed by atoms with E-state index in [1.54, 1.807) is 0 Å². The van der Waals surface area contributed by atoms with Crippen LogP contribution in [0.1, 0.15) is 6.92 Å². The summed E-state index contributed by atoms with van der Waals surface area (Å²) in [5.74, 6) is -0.214. The molecule has 2 rings (SSSR count). The van der Waals surface area contributed by atoms with Crippen molar-refractivity contribution in [2.24, 2.45) is 0 Å². The zero-order valence-electron chi connectivity index (χ0n) is 7.54. The SMILES string of the molecule is CC(=O)Nc1c(Cl)cc(Cl)c2nsnc12. The van der Waals surface area contributed by atoms with E-state index in [2.05, 4.69) is 14.1 Å². The summed E-state index contributed by atoms with van der Waals surface area (Å²) in [6.07, 6.45) is 0. The van der Waals surface area contributed by atoms with Crippen molar-refractivity contribution >= 4 is 57.6 Å². The number of rotatable bonds is 1. The monoisotopic (exact) mass is 261 g/mol. The van der Waals surface area contributed by atoms with Crippen molar-refractivity contribution in [2.45, 2.75) is 6.92 Å². The molecule has 1 N–H and O–H groups in total. The van der Waals surface area contributed by atoms with E-state index in [9.17, 15) is 4.79 Å². The number of aromatic nitrogens is 2. The van der Waals surface area contributed by atoms with Gasteiger partial charge in [-0.2, -0.15) is 8.75 Å². The molecule has 0 fully saturated rings. The van der Waals surface area contributed by atoms with E-state index >= 15 is 0 Å². The second kappa shape index (κ2) is 3.92. The third-order valence-corrected chi connectivity index (χ3v) is 2.86. The zero-order chi connectivity index (χ0) is 11.0. The van der Waals surface area contributed by atoms with Crippen molar-refractivity contribution in [3.63, 3.8) is 0 Å². The lowest BCUT2D eigenvalue weighted by molar-refractivity contribution is -0.114. The first-order chi connectivity index (χ1) is 7.09. The van der Waals surface area contributed by atoms with Gasteiger partial charge in [0.25, 0.3) is 0 Å². The number of hydrogen-bond acceptors (Lipinski definition) is 4. The fraction of sp³-hybridized carbons (Fsp3) is 0.125. The summed E-state index contributed by atoms with van der Waals surface area (Å²) in [6.45, 7) is 1.40. The Morgan fingerprint density at radius 2 is 2.00 bits per heavy atom. The first-order valence-electron chi connectivity index (χ1n) is 3.97. The van der Waals surface area contributed by atoms with Gasteiger partial charge in [-0.25, -0.2) is 0 Å². The quantitative estimate of drug-likeness (QED) is 0.859. The van der Waals surface area contributed by atoms with E-state index in [0.717, 1.165) is 11.7 Å². The highest BCUT2D eigenvalue weighted by atomic mass is 35.5. The van der Waals surface area contributed by atoms with Crippen LogP contribution >= 0.6 is 34.9 Å². The molecular weight excluding hydrogens is 257 g/mol. The number of nitrogens with one attached hydrogen (secondary N) is 1. The fourth-order valence-corrected chi connectivity index (χ4v) is 2.33. The van der Waals surface area contributed by atoms with Crippen LogP contribution < -0.4 is 5.32 Å². The van der Waals surface area contributed by atoms with Gasteiger partial charge >= 0.3 is 0 Å². The first kappa shape index (κ1) is 10.6. The average molecular weight is 262 g/mol. The molecule has 7 heteroatoms. The van der Waals surface area contributed by atoms with Crippen LogP contribution in [0.25, 0.3) is 11.0 Å². The highest BCUT2D eigenvalue weighted by Gasteiger charge is 2.14. The molecule has 0 radical (unpaired) electrons. The van der Waals surface area contributed by atoms with Gasteiger partial charge in [0.05, 0.1) is 27.5 Å². The molecule has 0 saturated heterocycles. The molecule has 15 heavy (non-hydrogen) atoms. The lowest BCUT2D eigenvalue weighted by Crippen LogP contribution is -2.06. The Labute approximate surface area is 99.5 Å². The van der Waals surface area contributed by atoms with Crippen LogP contribution in [0.5, 0.6) is 0 Å². The fourth-order valence-electron chi connectivity index (χ4n) is 1.17. The summed E-state index contributed by atoms with van der Waals surface area (Å²) in [6, 6.07) is 1.54. The minimum absolute atomic E-state index is 0.214. The Bertz CT molecular complexity index is 540. The van der Waals surface area contributed by atoms with E-state index in [1.165, 1.54) is 13.0 Å². The summed E-state index contributed by atoms with van der Waals surface area (Å²) in [5, 5.41) is 3.39. The minimum Gasteiger partial charge on any atom is -0.323 e. The highest BCUT2D eigenvalue weighted by molar-refractivity contribution is 7.00. The van der Waals surface area contributed by atoms with Gasteiger partial charge in [0.1, 0.15) is 11.0 Å². The lowest BCUT2D eigenvalue weighted by Gasteiger charge is -2.05. The highest BCUT2D eigenvalue weighted by Crippen LogP contribution is 2.34. The molecule has 1 aromatic heterocycles. The third-order valence-electron chi connectivity index (χ3n) is 1.74. The summed E-state index contributed by atoms with van der Waals surface area (Å²) in [5.41, 5.74) is 1.53. The van der Waals surface area contributed by atoms with Gasteiger partial charge < -0.3 is 5.32 Å². The molecule has 1 aromatic carbocycles. The van der Waals surface area contributed by atoms with Crippen molar-refractivity contribution in [3.8, 4) is 0 Å². The molecule has 1 amide bonds. The van der Waals surface area contributed by atoms with Crippen LogP contribution in [0.2, 0.25) is 10.0 Å². The molecule has 0 saturated carbocycles. The van der Waals surface area contributed by atoms with E-state index in [4.69, 9.17) is 23.2 Å². The Morgan fingerprint density at radius 3 is 2.67 bits per heavy atom. The van der Waals surface area contributed by atoms with Crippen LogP contribution in [0.3, 0.4) is 0 Å². The van der Waals surface area contributed by atoms with E-state index < -0.39 is 0 Å². The largest absolute Gasteiger partial charge is 0.323 e. The molecule has 0 aliphatic carbocycles. The number of amides is 1. The average Bonchev–Trinajstić information content (AvgIpc) is 2.60. The van der Waals surface area contributed by atoms with Crippen molar-refractivity contribution in [3.05, 3.63) is 16.1 Å². The molecule has 78 valence electrons. The van der Waals surface area contributed by atoms with Crippen LogP contribution in [-0.2, 0) is 4.79 Å². The van der Waals surface area contributed by atoms with Crippen molar-refractivity contribution in [1.29, 1.82) is 0 Å². The smallest absolute Gasteiger partial charge is 0.221 e. The van der Waals surface area contributed by atoms with Gasteiger partial charge in [-0.05, 0) is 6.07 Å². The Balaban J connectivity index is 2.71. The van der Waals surface area contributed by atoms with Gasteiger partial charge in [-0.1, -0.05) is 23.2 Å². The van der Waals surface area contributed by atoms with E-state index in [-0.39, 0.29) is 5.91 Å². The molecular formula is C8H5Cl2N3OS. The van der Waals surface area contributed by atoms with Gasteiger partial charge in [0.15, 0.2) is 0 Å². The standard InChI is InChI=1S/C8H5Cl2N3OS/c1-3(14)11-6-4(9)2-5(10)7-8(6)13-15-12-7/h2H,1H3,(H,11,14). The number of nitrogens with zero attached hydrogens (tertiary/aromatic N) is 2. The second-order valence-electron chi connectivity index (χ2n) is 2.86. The van der Waals surface area contributed by atoms with Crippen molar-refractivity contribution in [2.75, 3.05) is 5.32 Å². The lowest BCUT2D eigenvalue weighted by atomic mass is 10.2.